The highest BCUT2D eigenvalue weighted by atomic mass is 19.4. The highest BCUT2D eigenvalue weighted by Crippen LogP contribution is 2.22. The van der Waals surface area contributed by atoms with Gasteiger partial charge in [-0.1, -0.05) is 18.9 Å². The Morgan fingerprint density at radius 3 is 2.53 bits per heavy atom. The molecule has 0 spiro atoms. The SMILES string of the molecule is CCCN(CC(F)(F)F)c1nnc(C(C)NCC)o1. The van der Waals surface area contributed by atoms with Gasteiger partial charge >= 0.3 is 12.2 Å². The van der Waals surface area contributed by atoms with Crippen LogP contribution in [0.4, 0.5) is 19.2 Å². The van der Waals surface area contributed by atoms with E-state index in [1.165, 1.54) is 0 Å². The second-order valence-corrected chi connectivity index (χ2v) is 4.24. The van der Waals surface area contributed by atoms with E-state index >= 15 is 0 Å². The van der Waals surface area contributed by atoms with E-state index in [0.29, 0.717) is 18.9 Å². The van der Waals surface area contributed by atoms with Gasteiger partial charge in [-0.25, -0.2) is 0 Å². The zero-order chi connectivity index (χ0) is 14.5. The Kier molecular flexibility index (Phi) is 5.59. The Balaban J connectivity index is 2.80. The number of nitrogens with zero attached hydrogens (tertiary/aromatic N) is 3. The van der Waals surface area contributed by atoms with Crippen LogP contribution in [0.1, 0.15) is 39.1 Å². The van der Waals surface area contributed by atoms with E-state index in [0.717, 1.165) is 4.90 Å². The van der Waals surface area contributed by atoms with Gasteiger partial charge in [-0.05, 0) is 19.9 Å². The van der Waals surface area contributed by atoms with E-state index < -0.39 is 12.7 Å². The molecule has 1 aromatic heterocycles. The Labute approximate surface area is 110 Å². The molecule has 8 heteroatoms. The van der Waals surface area contributed by atoms with Crippen LogP contribution in [0.2, 0.25) is 0 Å². The fraction of sp³-hybridized carbons (Fsp3) is 0.818. The van der Waals surface area contributed by atoms with E-state index in [-0.39, 0.29) is 18.6 Å². The van der Waals surface area contributed by atoms with Gasteiger partial charge in [0.1, 0.15) is 6.54 Å². The van der Waals surface area contributed by atoms with Gasteiger partial charge < -0.3 is 14.6 Å². The van der Waals surface area contributed by atoms with Crippen LogP contribution in [0.3, 0.4) is 0 Å². The molecule has 19 heavy (non-hydrogen) atoms. The van der Waals surface area contributed by atoms with Crippen molar-refractivity contribution in [3.8, 4) is 0 Å². The number of rotatable bonds is 7. The van der Waals surface area contributed by atoms with Crippen LogP contribution in [0.5, 0.6) is 0 Å². The highest BCUT2D eigenvalue weighted by molar-refractivity contribution is 5.24. The van der Waals surface area contributed by atoms with Crippen LogP contribution in [0.15, 0.2) is 4.42 Å². The summed E-state index contributed by atoms with van der Waals surface area (Å²) in [7, 11) is 0. The minimum absolute atomic E-state index is 0.0843. The molecule has 1 atom stereocenters. The lowest BCUT2D eigenvalue weighted by Gasteiger charge is -2.20. The number of hydrogen-bond acceptors (Lipinski definition) is 5. The van der Waals surface area contributed by atoms with Gasteiger partial charge in [0, 0.05) is 6.54 Å². The summed E-state index contributed by atoms with van der Waals surface area (Å²) in [6.45, 7) is 5.37. The number of nitrogens with one attached hydrogen (secondary N) is 1. The highest BCUT2D eigenvalue weighted by Gasteiger charge is 2.32. The van der Waals surface area contributed by atoms with Crippen LogP contribution in [-0.4, -0.2) is 36.0 Å². The fourth-order valence-corrected chi connectivity index (χ4v) is 1.65. The molecule has 1 aromatic rings. The normalized spacial score (nSPS) is 13.6. The number of aromatic nitrogens is 2. The third kappa shape index (κ3) is 5.06. The zero-order valence-corrected chi connectivity index (χ0v) is 11.3. The lowest BCUT2D eigenvalue weighted by atomic mass is 10.3. The summed E-state index contributed by atoms with van der Waals surface area (Å²) in [5.74, 6) is 0.292. The summed E-state index contributed by atoms with van der Waals surface area (Å²) >= 11 is 0. The molecule has 0 amide bonds. The van der Waals surface area contributed by atoms with Gasteiger partial charge in [0.25, 0.3) is 0 Å². The molecule has 5 nitrogen and oxygen atoms in total. The molecule has 0 aliphatic heterocycles. The molecule has 1 rings (SSSR count). The van der Waals surface area contributed by atoms with Crippen LogP contribution < -0.4 is 10.2 Å². The minimum atomic E-state index is -4.29. The topological polar surface area (TPSA) is 54.2 Å². The molecule has 0 aliphatic carbocycles. The zero-order valence-electron chi connectivity index (χ0n) is 11.3. The van der Waals surface area contributed by atoms with Gasteiger partial charge in [-0.2, -0.15) is 13.2 Å². The molecule has 0 radical (unpaired) electrons. The molecule has 0 saturated heterocycles. The molecular formula is C11H19F3N4O. The molecule has 1 N–H and O–H groups in total. The van der Waals surface area contributed by atoms with Crippen molar-refractivity contribution in [3.05, 3.63) is 5.89 Å². The standard InChI is InChI=1S/C11H19F3N4O/c1-4-6-18(7-11(12,13)14)10-17-16-9(19-10)8(3)15-5-2/h8,15H,4-7H2,1-3H3. The third-order valence-electron chi connectivity index (χ3n) is 2.44. The van der Waals surface area contributed by atoms with Crippen molar-refractivity contribution in [1.82, 2.24) is 15.5 Å². The summed E-state index contributed by atoms with van der Waals surface area (Å²) in [4.78, 5) is 1.05. The Morgan fingerprint density at radius 2 is 2.00 bits per heavy atom. The minimum Gasteiger partial charge on any atom is -0.406 e. The van der Waals surface area contributed by atoms with Crippen molar-refractivity contribution >= 4 is 6.01 Å². The van der Waals surface area contributed by atoms with Gasteiger partial charge in [-0.15, -0.1) is 5.10 Å². The van der Waals surface area contributed by atoms with Gasteiger partial charge in [0.15, 0.2) is 0 Å². The summed E-state index contributed by atoms with van der Waals surface area (Å²) in [6.07, 6.45) is -3.73. The average molecular weight is 280 g/mol. The molecule has 0 bridgehead atoms. The Morgan fingerprint density at radius 1 is 1.32 bits per heavy atom. The summed E-state index contributed by atoms with van der Waals surface area (Å²) in [5.41, 5.74) is 0. The van der Waals surface area contributed by atoms with Crippen molar-refractivity contribution in [2.24, 2.45) is 0 Å². The Hall–Kier alpha value is -1.31. The van der Waals surface area contributed by atoms with E-state index in [1.54, 1.807) is 6.92 Å². The monoisotopic (exact) mass is 280 g/mol. The van der Waals surface area contributed by atoms with Crippen molar-refractivity contribution in [2.45, 2.75) is 39.4 Å². The van der Waals surface area contributed by atoms with Crippen molar-refractivity contribution in [2.75, 3.05) is 24.5 Å². The molecule has 0 fully saturated rings. The first-order valence-electron chi connectivity index (χ1n) is 6.25. The van der Waals surface area contributed by atoms with Gasteiger partial charge in [0.05, 0.1) is 6.04 Å². The smallest absolute Gasteiger partial charge is 0.406 e. The number of anilines is 1. The second kappa shape index (κ2) is 6.74. The molecule has 0 aliphatic rings. The predicted molar refractivity (Wildman–Crippen MR) is 64.9 cm³/mol. The van der Waals surface area contributed by atoms with Crippen LogP contribution in [-0.2, 0) is 0 Å². The average Bonchev–Trinajstić information content (AvgIpc) is 2.76. The van der Waals surface area contributed by atoms with Crippen LogP contribution >= 0.6 is 0 Å². The first-order valence-corrected chi connectivity index (χ1v) is 6.25. The van der Waals surface area contributed by atoms with Crippen molar-refractivity contribution in [3.63, 3.8) is 0 Å². The molecule has 110 valence electrons. The van der Waals surface area contributed by atoms with Crippen LogP contribution in [0, 0.1) is 0 Å². The number of hydrogen-bond donors (Lipinski definition) is 1. The number of halogens is 3. The Bertz CT molecular complexity index is 380. The van der Waals surface area contributed by atoms with Crippen LogP contribution in [0.25, 0.3) is 0 Å². The van der Waals surface area contributed by atoms with E-state index in [1.807, 2.05) is 13.8 Å². The lowest BCUT2D eigenvalue weighted by Crippen LogP contribution is -2.35. The second-order valence-electron chi connectivity index (χ2n) is 4.24. The lowest BCUT2D eigenvalue weighted by molar-refractivity contribution is -0.120. The maximum Gasteiger partial charge on any atom is 0.406 e. The van der Waals surface area contributed by atoms with Gasteiger partial charge in [0.2, 0.25) is 5.89 Å². The molecule has 0 aromatic carbocycles. The number of alkyl halides is 3. The predicted octanol–water partition coefficient (Wildman–Crippen LogP) is 2.52. The summed E-state index contributed by atoms with van der Waals surface area (Å²) in [6, 6.07) is -0.264. The molecule has 1 unspecified atom stereocenters. The maximum atomic E-state index is 12.5. The first-order chi connectivity index (χ1) is 8.87. The molecule has 0 saturated carbocycles. The van der Waals surface area contributed by atoms with E-state index in [4.69, 9.17) is 4.42 Å². The fourth-order valence-electron chi connectivity index (χ4n) is 1.65. The summed E-state index contributed by atoms with van der Waals surface area (Å²) in [5, 5.41) is 10.5. The van der Waals surface area contributed by atoms with Gasteiger partial charge in [-0.3, -0.25) is 0 Å². The largest absolute Gasteiger partial charge is 0.406 e. The quantitative estimate of drug-likeness (QED) is 0.831. The first kappa shape index (κ1) is 15.7. The molecular weight excluding hydrogens is 261 g/mol. The van der Waals surface area contributed by atoms with E-state index in [9.17, 15) is 13.2 Å². The summed E-state index contributed by atoms with van der Waals surface area (Å²) < 4.78 is 42.7. The third-order valence-corrected chi connectivity index (χ3v) is 2.44. The molecule has 1 heterocycles. The van der Waals surface area contributed by atoms with E-state index in [2.05, 4.69) is 15.5 Å². The maximum absolute atomic E-state index is 12.5. The van der Waals surface area contributed by atoms with Crippen molar-refractivity contribution < 1.29 is 17.6 Å². The van der Waals surface area contributed by atoms with Crippen molar-refractivity contribution in [1.29, 1.82) is 0 Å².